The summed E-state index contributed by atoms with van der Waals surface area (Å²) < 4.78 is 1.11. The Hall–Kier alpha value is -1.59. The lowest BCUT2D eigenvalue weighted by Gasteiger charge is -2.29. The molecule has 0 aromatic heterocycles. The minimum absolute atomic E-state index is 0.307. The summed E-state index contributed by atoms with van der Waals surface area (Å²) in [6, 6.07) is 17.1. The molecule has 0 radical (unpaired) electrons. The number of amidine groups is 1. The molecular formula is C17H14BrN3S. The molecule has 0 fully saturated rings. The van der Waals surface area contributed by atoms with Crippen LogP contribution in [0.3, 0.4) is 0 Å². The Morgan fingerprint density at radius 3 is 2.82 bits per heavy atom. The van der Waals surface area contributed by atoms with E-state index in [9.17, 15) is 0 Å². The van der Waals surface area contributed by atoms with E-state index in [0.717, 1.165) is 27.5 Å². The lowest BCUT2D eigenvalue weighted by Crippen LogP contribution is -2.27. The van der Waals surface area contributed by atoms with E-state index < -0.39 is 0 Å². The van der Waals surface area contributed by atoms with Crippen molar-refractivity contribution in [2.24, 2.45) is 10.1 Å². The molecule has 2 aliphatic rings. The molecule has 2 aliphatic heterocycles. The normalized spacial score (nSPS) is 18.9. The van der Waals surface area contributed by atoms with Crippen molar-refractivity contribution in [2.45, 2.75) is 18.2 Å². The second-order valence-electron chi connectivity index (χ2n) is 5.26. The molecular weight excluding hydrogens is 358 g/mol. The summed E-state index contributed by atoms with van der Waals surface area (Å²) in [6.07, 6.45) is 2.94. The van der Waals surface area contributed by atoms with Crippen molar-refractivity contribution in [3.8, 4) is 0 Å². The number of hydrogen-bond acceptors (Lipinski definition) is 4. The van der Waals surface area contributed by atoms with Gasteiger partial charge >= 0.3 is 0 Å². The van der Waals surface area contributed by atoms with Crippen LogP contribution in [-0.2, 0) is 5.75 Å². The average molecular weight is 372 g/mol. The second kappa shape index (κ2) is 5.89. The van der Waals surface area contributed by atoms with Gasteiger partial charge in [-0.25, -0.2) is 10.0 Å². The van der Waals surface area contributed by atoms with E-state index in [1.807, 2.05) is 12.3 Å². The zero-order chi connectivity index (χ0) is 14.9. The van der Waals surface area contributed by atoms with Crippen LogP contribution in [0.5, 0.6) is 0 Å². The van der Waals surface area contributed by atoms with Gasteiger partial charge < -0.3 is 0 Å². The van der Waals surface area contributed by atoms with E-state index in [-0.39, 0.29) is 0 Å². The van der Waals surface area contributed by atoms with Crippen LogP contribution in [0, 0.1) is 0 Å². The molecule has 110 valence electrons. The molecule has 0 spiro atoms. The third-order valence-corrected chi connectivity index (χ3v) is 5.36. The third kappa shape index (κ3) is 2.59. The molecule has 4 rings (SSSR count). The summed E-state index contributed by atoms with van der Waals surface area (Å²) in [5.41, 5.74) is 3.63. The Balaban J connectivity index is 1.59. The fraction of sp³-hybridized carbons (Fsp3) is 0.176. The number of nitrogens with zero attached hydrogens (tertiary/aromatic N) is 3. The zero-order valence-electron chi connectivity index (χ0n) is 11.8. The molecule has 1 unspecified atom stereocenters. The maximum Gasteiger partial charge on any atom is 0.185 e. The van der Waals surface area contributed by atoms with Crippen LogP contribution in [-0.4, -0.2) is 16.4 Å². The average Bonchev–Trinajstić information content (AvgIpc) is 3.04. The number of rotatable bonds is 2. The highest BCUT2D eigenvalue weighted by Gasteiger charge is 2.32. The highest BCUT2D eigenvalue weighted by molar-refractivity contribution is 9.10. The number of thioether (sulfide) groups is 1. The molecule has 0 bridgehead atoms. The van der Waals surface area contributed by atoms with E-state index >= 15 is 0 Å². The van der Waals surface area contributed by atoms with Gasteiger partial charge in [0, 0.05) is 28.4 Å². The van der Waals surface area contributed by atoms with E-state index in [0.29, 0.717) is 6.04 Å². The van der Waals surface area contributed by atoms with Crippen LogP contribution in [0.4, 0.5) is 5.69 Å². The number of benzene rings is 2. The smallest absolute Gasteiger partial charge is 0.185 e. The highest BCUT2D eigenvalue weighted by Crippen LogP contribution is 2.41. The quantitative estimate of drug-likeness (QED) is 0.732. The topological polar surface area (TPSA) is 28.0 Å². The molecule has 2 aromatic carbocycles. The minimum Gasteiger partial charge on any atom is -0.235 e. The summed E-state index contributed by atoms with van der Waals surface area (Å²) in [4.78, 5) is 4.80. The molecule has 3 nitrogen and oxygen atoms in total. The number of hydrogen-bond donors (Lipinski definition) is 0. The van der Waals surface area contributed by atoms with Gasteiger partial charge in [0.1, 0.15) is 0 Å². The van der Waals surface area contributed by atoms with Crippen molar-refractivity contribution >= 4 is 44.8 Å². The highest BCUT2D eigenvalue weighted by atomic mass is 79.9. The molecule has 0 amide bonds. The van der Waals surface area contributed by atoms with Gasteiger partial charge in [-0.05, 0) is 23.8 Å². The summed E-state index contributed by atoms with van der Waals surface area (Å²) in [7, 11) is 0. The van der Waals surface area contributed by atoms with Gasteiger partial charge in [-0.2, -0.15) is 5.10 Å². The van der Waals surface area contributed by atoms with Gasteiger partial charge in [0.2, 0.25) is 0 Å². The van der Waals surface area contributed by atoms with Gasteiger partial charge in [-0.1, -0.05) is 58.0 Å². The van der Waals surface area contributed by atoms with E-state index in [1.165, 1.54) is 11.1 Å². The number of fused-ring (bicyclic) bond motifs is 3. The van der Waals surface area contributed by atoms with Crippen LogP contribution in [0.25, 0.3) is 0 Å². The second-order valence-corrected chi connectivity index (χ2v) is 7.12. The largest absolute Gasteiger partial charge is 0.235 e. The third-order valence-electron chi connectivity index (χ3n) is 3.82. The number of hydrazone groups is 1. The predicted octanol–water partition coefficient (Wildman–Crippen LogP) is 5.12. The molecule has 0 aliphatic carbocycles. The van der Waals surface area contributed by atoms with Crippen molar-refractivity contribution < 1.29 is 0 Å². The molecule has 22 heavy (non-hydrogen) atoms. The summed E-state index contributed by atoms with van der Waals surface area (Å²) in [5, 5.41) is 7.56. The summed E-state index contributed by atoms with van der Waals surface area (Å²) >= 11 is 5.21. The first-order chi connectivity index (χ1) is 10.8. The number of halogens is 1. The Morgan fingerprint density at radius 2 is 1.95 bits per heavy atom. The van der Waals surface area contributed by atoms with Crippen molar-refractivity contribution in [3.05, 3.63) is 64.1 Å². The van der Waals surface area contributed by atoms with E-state index in [2.05, 4.69) is 68.5 Å². The molecule has 2 heterocycles. The fourth-order valence-corrected chi connectivity index (χ4v) is 3.93. The first kappa shape index (κ1) is 14.0. The molecule has 1 atom stereocenters. The van der Waals surface area contributed by atoms with Gasteiger partial charge in [0.25, 0.3) is 0 Å². The summed E-state index contributed by atoms with van der Waals surface area (Å²) in [6.45, 7) is 0. The standard InChI is InChI=1S/C17H14BrN3S/c18-13-7-5-12(6-8-13)11-22-17-20-15-4-2-1-3-14(15)16-9-10-19-21(16)17/h1-8,10,16H,9,11H2. The number of aliphatic imine (C=N–C) groups is 1. The maximum atomic E-state index is 4.80. The molecule has 0 saturated carbocycles. The lowest BCUT2D eigenvalue weighted by atomic mass is 10.0. The van der Waals surface area contributed by atoms with Gasteiger partial charge in [0.05, 0.1) is 11.7 Å². The lowest BCUT2D eigenvalue weighted by molar-refractivity contribution is 0.372. The summed E-state index contributed by atoms with van der Waals surface area (Å²) in [5.74, 6) is 0.896. The van der Waals surface area contributed by atoms with Crippen LogP contribution < -0.4 is 0 Å². The molecule has 0 N–H and O–H groups in total. The van der Waals surface area contributed by atoms with Gasteiger partial charge in [0.15, 0.2) is 5.17 Å². The van der Waals surface area contributed by atoms with Crippen molar-refractivity contribution in [2.75, 3.05) is 0 Å². The molecule has 2 aromatic rings. The van der Waals surface area contributed by atoms with Crippen molar-refractivity contribution in [3.63, 3.8) is 0 Å². The van der Waals surface area contributed by atoms with Crippen LogP contribution in [0.2, 0.25) is 0 Å². The SMILES string of the molecule is Brc1ccc(CSC2=Nc3ccccc3C3CC=NN23)cc1. The first-order valence-corrected chi connectivity index (χ1v) is 8.96. The molecule has 5 heteroatoms. The van der Waals surface area contributed by atoms with Crippen LogP contribution in [0.1, 0.15) is 23.6 Å². The van der Waals surface area contributed by atoms with Gasteiger partial charge in [-0.15, -0.1) is 0 Å². The Morgan fingerprint density at radius 1 is 1.14 bits per heavy atom. The van der Waals surface area contributed by atoms with Gasteiger partial charge in [-0.3, -0.25) is 0 Å². The zero-order valence-corrected chi connectivity index (χ0v) is 14.2. The van der Waals surface area contributed by atoms with Crippen molar-refractivity contribution in [1.29, 1.82) is 0 Å². The fourth-order valence-electron chi connectivity index (χ4n) is 2.71. The van der Waals surface area contributed by atoms with Crippen LogP contribution >= 0.6 is 27.7 Å². The van der Waals surface area contributed by atoms with E-state index in [4.69, 9.17) is 4.99 Å². The number of para-hydroxylation sites is 1. The van der Waals surface area contributed by atoms with E-state index in [1.54, 1.807) is 11.8 Å². The first-order valence-electron chi connectivity index (χ1n) is 7.18. The van der Waals surface area contributed by atoms with Crippen LogP contribution in [0.15, 0.2) is 63.1 Å². The predicted molar refractivity (Wildman–Crippen MR) is 96.7 cm³/mol. The Labute approximate surface area is 142 Å². The Kier molecular flexibility index (Phi) is 3.76. The monoisotopic (exact) mass is 371 g/mol. The maximum absolute atomic E-state index is 4.80. The van der Waals surface area contributed by atoms with Crippen molar-refractivity contribution in [1.82, 2.24) is 5.01 Å². The minimum atomic E-state index is 0.307. The Bertz CT molecular complexity index is 755. The molecule has 0 saturated heterocycles.